The molecule has 0 aromatic rings. The maximum Gasteiger partial charge on any atom is 0.309 e. The van der Waals surface area contributed by atoms with E-state index in [0.29, 0.717) is 13.2 Å². The van der Waals surface area contributed by atoms with Crippen molar-refractivity contribution >= 4 is 11.8 Å². The average Bonchev–Trinajstić information content (AvgIpc) is 2.26. The van der Waals surface area contributed by atoms with Crippen LogP contribution in [0.1, 0.15) is 26.2 Å². The molecule has 0 saturated heterocycles. The van der Waals surface area contributed by atoms with Crippen LogP contribution in [-0.4, -0.2) is 38.6 Å². The predicted molar refractivity (Wildman–Crippen MR) is 57.4 cm³/mol. The molecule has 0 aliphatic heterocycles. The van der Waals surface area contributed by atoms with Crippen LogP contribution in [-0.2, 0) is 14.3 Å². The maximum atomic E-state index is 10.9. The van der Waals surface area contributed by atoms with Crippen molar-refractivity contribution in [3.8, 4) is 0 Å². The molecule has 0 unspecified atom stereocenters. The first-order chi connectivity index (χ1) is 7.22. The number of unbranched alkanes of at least 4 members (excludes halogenated alkanes) is 1. The molecule has 0 spiro atoms. The number of likely N-dealkylation sites (N-methyl/N-ethyl adjacent to an activating group) is 1. The average molecular weight is 216 g/mol. The molecule has 0 aliphatic carbocycles. The zero-order valence-electron chi connectivity index (χ0n) is 9.47. The van der Waals surface area contributed by atoms with Gasteiger partial charge >= 0.3 is 11.8 Å². The summed E-state index contributed by atoms with van der Waals surface area (Å²) in [5.74, 6) is -1.20. The van der Waals surface area contributed by atoms with Crippen molar-refractivity contribution in [2.45, 2.75) is 26.2 Å². The highest BCUT2D eigenvalue weighted by Gasteiger charge is 2.08. The van der Waals surface area contributed by atoms with Crippen LogP contribution in [0.4, 0.5) is 0 Å². The van der Waals surface area contributed by atoms with Gasteiger partial charge in [0.2, 0.25) is 0 Å². The Hall–Kier alpha value is -1.10. The smallest absolute Gasteiger partial charge is 0.309 e. The monoisotopic (exact) mass is 216 g/mol. The summed E-state index contributed by atoms with van der Waals surface area (Å²) in [7, 11) is 1.43. The number of hydrogen-bond acceptors (Lipinski definition) is 3. The Kier molecular flexibility index (Phi) is 8.76. The summed E-state index contributed by atoms with van der Waals surface area (Å²) in [6.07, 6.45) is 2.91. The Morgan fingerprint density at radius 3 is 2.40 bits per heavy atom. The van der Waals surface area contributed by atoms with Gasteiger partial charge in [0, 0.05) is 26.8 Å². The van der Waals surface area contributed by atoms with Crippen LogP contribution in [0, 0.1) is 0 Å². The van der Waals surface area contributed by atoms with E-state index in [1.54, 1.807) is 0 Å². The van der Waals surface area contributed by atoms with Gasteiger partial charge in [-0.2, -0.15) is 0 Å². The first-order valence-corrected chi connectivity index (χ1v) is 5.30. The first-order valence-electron chi connectivity index (χ1n) is 5.30. The second-order valence-corrected chi connectivity index (χ2v) is 3.15. The summed E-state index contributed by atoms with van der Waals surface area (Å²) in [6.45, 7) is 3.96. The predicted octanol–water partition coefficient (Wildman–Crippen LogP) is 0.0554. The van der Waals surface area contributed by atoms with Crippen molar-refractivity contribution < 1.29 is 14.3 Å². The van der Waals surface area contributed by atoms with Crippen LogP contribution in [0.2, 0.25) is 0 Å². The van der Waals surface area contributed by atoms with E-state index in [2.05, 4.69) is 17.6 Å². The number of carbonyl (C=O) groups is 2. The lowest BCUT2D eigenvalue weighted by Crippen LogP contribution is -2.38. The van der Waals surface area contributed by atoms with Gasteiger partial charge in [0.05, 0.1) is 0 Å². The van der Waals surface area contributed by atoms with Gasteiger partial charge in [-0.1, -0.05) is 13.3 Å². The Bertz CT molecular complexity index is 195. The van der Waals surface area contributed by atoms with E-state index in [0.717, 1.165) is 25.9 Å². The maximum absolute atomic E-state index is 10.9. The van der Waals surface area contributed by atoms with Crippen molar-refractivity contribution in [2.75, 3.05) is 26.8 Å². The molecule has 0 heterocycles. The van der Waals surface area contributed by atoms with E-state index in [-0.39, 0.29) is 0 Å². The number of nitrogens with one attached hydrogen (secondary N) is 2. The molecular weight excluding hydrogens is 196 g/mol. The van der Waals surface area contributed by atoms with Gasteiger partial charge in [-0.3, -0.25) is 9.59 Å². The highest BCUT2D eigenvalue weighted by Crippen LogP contribution is 1.88. The molecule has 0 radical (unpaired) electrons. The van der Waals surface area contributed by atoms with Crippen LogP contribution in [0.15, 0.2) is 0 Å². The second kappa shape index (κ2) is 9.45. The summed E-state index contributed by atoms with van der Waals surface area (Å²) in [5.41, 5.74) is 0. The molecule has 2 amide bonds. The molecule has 0 aromatic heterocycles. The highest BCUT2D eigenvalue weighted by molar-refractivity contribution is 6.34. The molecule has 15 heavy (non-hydrogen) atoms. The summed E-state index contributed by atoms with van der Waals surface area (Å²) in [6, 6.07) is 0. The molecule has 5 nitrogen and oxygen atoms in total. The SMILES string of the molecule is CCCCOCCCNC(=O)C(=O)NC. The lowest BCUT2D eigenvalue weighted by molar-refractivity contribution is -0.138. The van der Waals surface area contributed by atoms with Crippen LogP contribution in [0.3, 0.4) is 0 Å². The summed E-state index contributed by atoms with van der Waals surface area (Å²) >= 11 is 0. The molecule has 0 aromatic carbocycles. The molecule has 88 valence electrons. The third kappa shape index (κ3) is 7.93. The van der Waals surface area contributed by atoms with Gasteiger partial charge in [-0.15, -0.1) is 0 Å². The topological polar surface area (TPSA) is 67.4 Å². The molecule has 0 bridgehead atoms. The molecular formula is C10H20N2O3. The van der Waals surface area contributed by atoms with Gasteiger partial charge in [-0.25, -0.2) is 0 Å². The summed E-state index contributed by atoms with van der Waals surface area (Å²) in [4.78, 5) is 21.7. The zero-order chi connectivity index (χ0) is 11.5. The second-order valence-electron chi connectivity index (χ2n) is 3.15. The van der Waals surface area contributed by atoms with E-state index >= 15 is 0 Å². The van der Waals surface area contributed by atoms with Gasteiger partial charge < -0.3 is 15.4 Å². The molecule has 5 heteroatoms. The van der Waals surface area contributed by atoms with Crippen LogP contribution < -0.4 is 10.6 Å². The van der Waals surface area contributed by atoms with Crippen molar-refractivity contribution in [1.82, 2.24) is 10.6 Å². The number of carbonyl (C=O) groups excluding carboxylic acids is 2. The fraction of sp³-hybridized carbons (Fsp3) is 0.800. The Labute approximate surface area is 90.6 Å². The van der Waals surface area contributed by atoms with Crippen LogP contribution in [0.25, 0.3) is 0 Å². The zero-order valence-corrected chi connectivity index (χ0v) is 9.47. The van der Waals surface area contributed by atoms with Gasteiger partial charge in [0.1, 0.15) is 0 Å². The van der Waals surface area contributed by atoms with Crippen molar-refractivity contribution in [2.24, 2.45) is 0 Å². The van der Waals surface area contributed by atoms with E-state index in [4.69, 9.17) is 4.74 Å². The molecule has 0 saturated carbocycles. The number of amides is 2. The van der Waals surface area contributed by atoms with Crippen LogP contribution >= 0.6 is 0 Å². The Balaban J connectivity index is 3.24. The lowest BCUT2D eigenvalue weighted by Gasteiger charge is -2.04. The van der Waals surface area contributed by atoms with E-state index in [1.807, 2.05) is 0 Å². The minimum atomic E-state index is -0.609. The number of rotatable bonds is 7. The molecule has 0 aliphatic rings. The van der Waals surface area contributed by atoms with Gasteiger partial charge in [0.25, 0.3) is 0 Å². The largest absolute Gasteiger partial charge is 0.381 e. The van der Waals surface area contributed by atoms with Gasteiger partial charge in [-0.05, 0) is 12.8 Å². The molecule has 2 N–H and O–H groups in total. The van der Waals surface area contributed by atoms with Crippen molar-refractivity contribution in [1.29, 1.82) is 0 Å². The first kappa shape index (κ1) is 13.9. The van der Waals surface area contributed by atoms with E-state index in [1.165, 1.54) is 7.05 Å². The number of ether oxygens (including phenoxy) is 1. The number of hydrogen-bond donors (Lipinski definition) is 2. The van der Waals surface area contributed by atoms with Crippen molar-refractivity contribution in [3.63, 3.8) is 0 Å². The van der Waals surface area contributed by atoms with Gasteiger partial charge in [0.15, 0.2) is 0 Å². The Morgan fingerprint density at radius 1 is 1.13 bits per heavy atom. The standard InChI is InChI=1S/C10H20N2O3/c1-3-4-7-15-8-5-6-12-10(14)9(13)11-2/h3-8H2,1-2H3,(H,11,13)(H,12,14). The minimum absolute atomic E-state index is 0.471. The molecule has 0 rings (SSSR count). The van der Waals surface area contributed by atoms with Crippen LogP contribution in [0.5, 0.6) is 0 Å². The third-order valence-electron chi connectivity index (χ3n) is 1.83. The fourth-order valence-electron chi connectivity index (χ4n) is 0.918. The minimum Gasteiger partial charge on any atom is -0.381 e. The van der Waals surface area contributed by atoms with E-state index in [9.17, 15) is 9.59 Å². The Morgan fingerprint density at radius 2 is 1.80 bits per heavy atom. The normalized spacial score (nSPS) is 9.73. The molecule has 0 fully saturated rings. The summed E-state index contributed by atoms with van der Waals surface area (Å²) in [5, 5.41) is 4.74. The third-order valence-corrected chi connectivity index (χ3v) is 1.83. The molecule has 0 atom stereocenters. The van der Waals surface area contributed by atoms with Crippen molar-refractivity contribution in [3.05, 3.63) is 0 Å². The quantitative estimate of drug-likeness (QED) is 0.467. The van der Waals surface area contributed by atoms with E-state index < -0.39 is 11.8 Å². The lowest BCUT2D eigenvalue weighted by atomic mass is 10.3. The fourth-order valence-corrected chi connectivity index (χ4v) is 0.918. The summed E-state index contributed by atoms with van der Waals surface area (Å²) < 4.78 is 5.29. The highest BCUT2D eigenvalue weighted by atomic mass is 16.5.